The minimum atomic E-state index is -0.711. The smallest absolute Gasteiger partial charge is 0.328 e. The molecule has 1 rings (SSSR count). The molecule has 0 N–H and O–H groups in total. The van der Waals surface area contributed by atoms with Gasteiger partial charge >= 0.3 is 11.9 Å². The molecule has 1 atom stereocenters. The quantitative estimate of drug-likeness (QED) is 0.336. The van der Waals surface area contributed by atoms with E-state index in [1.165, 1.54) is 0 Å². The number of carbonyl (C=O) groups is 2. The van der Waals surface area contributed by atoms with Gasteiger partial charge in [-0.05, 0) is 13.8 Å². The van der Waals surface area contributed by atoms with E-state index in [0.29, 0.717) is 0 Å². The molecule has 0 spiro atoms. The van der Waals surface area contributed by atoms with Crippen molar-refractivity contribution >= 4 is 27.9 Å². The first-order valence-electron chi connectivity index (χ1n) is 2.86. The van der Waals surface area contributed by atoms with Crippen LogP contribution in [-0.2, 0) is 14.3 Å². The van der Waals surface area contributed by atoms with Crippen molar-refractivity contribution in [1.82, 2.24) is 0 Å². The summed E-state index contributed by atoms with van der Waals surface area (Å²) in [6, 6.07) is 0. The van der Waals surface area contributed by atoms with Gasteiger partial charge in [0.25, 0.3) is 0 Å². The van der Waals surface area contributed by atoms with Gasteiger partial charge in [0, 0.05) is 0 Å². The maximum atomic E-state index is 10.8. The molecule has 1 fully saturated rings. The summed E-state index contributed by atoms with van der Waals surface area (Å²) in [6.07, 6.45) is 0. The molecule has 56 valence electrons. The van der Waals surface area contributed by atoms with Gasteiger partial charge in [-0.25, -0.2) is 0 Å². The van der Waals surface area contributed by atoms with Crippen LogP contribution in [0.4, 0.5) is 0 Å². The number of hydrogen-bond acceptors (Lipinski definition) is 3. The fourth-order valence-electron chi connectivity index (χ4n) is 0.673. The number of esters is 2. The Morgan fingerprint density at radius 2 is 2.00 bits per heavy atom. The number of halogens is 1. The fourth-order valence-corrected chi connectivity index (χ4v) is 0.953. The van der Waals surface area contributed by atoms with Gasteiger partial charge in [-0.1, -0.05) is 15.9 Å². The number of alkyl halides is 1. The van der Waals surface area contributed by atoms with Crippen LogP contribution in [-0.4, -0.2) is 16.8 Å². The Morgan fingerprint density at radius 1 is 1.50 bits per heavy atom. The molecule has 0 bridgehead atoms. The zero-order valence-corrected chi connectivity index (χ0v) is 7.27. The summed E-state index contributed by atoms with van der Waals surface area (Å²) in [6.45, 7) is 3.33. The van der Waals surface area contributed by atoms with Gasteiger partial charge in [-0.3, -0.25) is 9.59 Å². The van der Waals surface area contributed by atoms with Crippen molar-refractivity contribution in [3.63, 3.8) is 0 Å². The summed E-state index contributed by atoms with van der Waals surface area (Å²) in [7, 11) is 0. The average Bonchev–Trinajstić information content (AvgIpc) is 1.97. The van der Waals surface area contributed by atoms with Gasteiger partial charge in [0.1, 0.15) is 4.83 Å². The number of carbonyl (C=O) groups excluding carboxylic acids is 2. The second kappa shape index (κ2) is 2.05. The molecule has 0 aromatic carbocycles. The Morgan fingerprint density at radius 3 is 2.10 bits per heavy atom. The molecule has 10 heavy (non-hydrogen) atoms. The van der Waals surface area contributed by atoms with Crippen LogP contribution < -0.4 is 0 Å². The molecule has 1 aliphatic heterocycles. The van der Waals surface area contributed by atoms with Crippen molar-refractivity contribution in [3.05, 3.63) is 0 Å². The van der Waals surface area contributed by atoms with Crippen LogP contribution in [0.1, 0.15) is 13.8 Å². The first-order valence-corrected chi connectivity index (χ1v) is 3.78. The summed E-state index contributed by atoms with van der Waals surface area (Å²) in [5, 5.41) is 0. The van der Waals surface area contributed by atoms with Crippen LogP contribution in [0.15, 0.2) is 0 Å². The van der Waals surface area contributed by atoms with Gasteiger partial charge in [0.05, 0.1) is 5.41 Å². The predicted molar refractivity (Wildman–Crippen MR) is 37.6 cm³/mol. The largest absolute Gasteiger partial charge is 0.392 e. The van der Waals surface area contributed by atoms with E-state index in [0.717, 1.165) is 0 Å². The van der Waals surface area contributed by atoms with Gasteiger partial charge in [-0.15, -0.1) is 0 Å². The molecule has 0 radical (unpaired) electrons. The topological polar surface area (TPSA) is 43.4 Å². The van der Waals surface area contributed by atoms with Crippen molar-refractivity contribution in [3.8, 4) is 0 Å². The first kappa shape index (κ1) is 7.72. The SMILES string of the molecule is CC1(C)C(=O)OC(=O)C1Br. The van der Waals surface area contributed by atoms with Gasteiger partial charge in [-0.2, -0.15) is 0 Å². The first-order chi connectivity index (χ1) is 4.46. The Hall–Kier alpha value is -0.380. The summed E-state index contributed by atoms with van der Waals surface area (Å²) in [4.78, 5) is 21.1. The molecule has 0 amide bonds. The second-order valence-electron chi connectivity index (χ2n) is 2.79. The highest BCUT2D eigenvalue weighted by atomic mass is 79.9. The van der Waals surface area contributed by atoms with E-state index in [2.05, 4.69) is 20.7 Å². The van der Waals surface area contributed by atoms with E-state index in [1.54, 1.807) is 13.8 Å². The molecule has 0 aromatic heterocycles. The number of cyclic esters (lactones) is 2. The maximum absolute atomic E-state index is 10.8. The van der Waals surface area contributed by atoms with E-state index in [1.807, 2.05) is 0 Å². The molecular weight excluding hydrogens is 200 g/mol. The molecule has 0 saturated carbocycles. The van der Waals surface area contributed by atoms with Crippen LogP contribution in [0.25, 0.3) is 0 Å². The average molecular weight is 207 g/mol. The summed E-state index contributed by atoms with van der Waals surface area (Å²) < 4.78 is 4.36. The maximum Gasteiger partial charge on any atom is 0.328 e. The van der Waals surface area contributed by atoms with Crippen LogP contribution in [0.5, 0.6) is 0 Å². The lowest BCUT2D eigenvalue weighted by atomic mass is 9.92. The molecule has 0 aliphatic carbocycles. The second-order valence-corrected chi connectivity index (χ2v) is 3.71. The third-order valence-electron chi connectivity index (χ3n) is 1.56. The van der Waals surface area contributed by atoms with E-state index >= 15 is 0 Å². The van der Waals surface area contributed by atoms with Crippen LogP contribution in [0.2, 0.25) is 0 Å². The highest BCUT2D eigenvalue weighted by Crippen LogP contribution is 2.34. The highest BCUT2D eigenvalue weighted by molar-refractivity contribution is 9.10. The van der Waals surface area contributed by atoms with Crippen LogP contribution in [0, 0.1) is 5.41 Å². The normalized spacial score (nSPS) is 30.5. The molecule has 1 aliphatic rings. The van der Waals surface area contributed by atoms with Crippen molar-refractivity contribution < 1.29 is 14.3 Å². The summed E-state index contributed by atoms with van der Waals surface area (Å²) in [5.41, 5.74) is -0.711. The Balaban J connectivity index is 2.96. The lowest BCUT2D eigenvalue weighted by Crippen LogP contribution is -2.26. The van der Waals surface area contributed by atoms with Crippen LogP contribution in [0.3, 0.4) is 0 Å². The Bertz CT molecular complexity index is 197. The monoisotopic (exact) mass is 206 g/mol. The van der Waals surface area contributed by atoms with Gasteiger partial charge in [0.15, 0.2) is 0 Å². The van der Waals surface area contributed by atoms with Crippen molar-refractivity contribution in [2.75, 3.05) is 0 Å². The van der Waals surface area contributed by atoms with E-state index < -0.39 is 22.2 Å². The summed E-state index contributed by atoms with van der Waals surface area (Å²) >= 11 is 3.07. The zero-order valence-electron chi connectivity index (χ0n) is 5.68. The van der Waals surface area contributed by atoms with E-state index in [4.69, 9.17) is 0 Å². The summed E-state index contributed by atoms with van der Waals surface area (Å²) in [5.74, 6) is -0.950. The molecule has 4 heteroatoms. The Kier molecular flexibility index (Phi) is 1.58. The lowest BCUT2D eigenvalue weighted by molar-refractivity contribution is -0.154. The van der Waals surface area contributed by atoms with Gasteiger partial charge in [0.2, 0.25) is 0 Å². The minimum absolute atomic E-state index is 0.459. The minimum Gasteiger partial charge on any atom is -0.392 e. The molecule has 1 heterocycles. The molecule has 0 aromatic rings. The highest BCUT2D eigenvalue weighted by Gasteiger charge is 2.49. The molecule has 3 nitrogen and oxygen atoms in total. The predicted octanol–water partition coefficient (Wildman–Crippen LogP) is 0.860. The van der Waals surface area contributed by atoms with Gasteiger partial charge < -0.3 is 4.74 Å². The van der Waals surface area contributed by atoms with E-state index in [-0.39, 0.29) is 0 Å². The van der Waals surface area contributed by atoms with Crippen molar-refractivity contribution in [2.24, 2.45) is 5.41 Å². The third-order valence-corrected chi connectivity index (χ3v) is 3.08. The third kappa shape index (κ3) is 0.868. The van der Waals surface area contributed by atoms with E-state index in [9.17, 15) is 9.59 Å². The lowest BCUT2D eigenvalue weighted by Gasteiger charge is -2.12. The van der Waals surface area contributed by atoms with Crippen LogP contribution >= 0.6 is 15.9 Å². The van der Waals surface area contributed by atoms with Crippen molar-refractivity contribution in [1.29, 1.82) is 0 Å². The molecule has 1 saturated heterocycles. The number of ether oxygens (including phenoxy) is 1. The number of rotatable bonds is 0. The Labute approximate surface area is 66.9 Å². The zero-order chi connectivity index (χ0) is 7.94. The van der Waals surface area contributed by atoms with Crippen molar-refractivity contribution in [2.45, 2.75) is 18.7 Å². The number of hydrogen-bond donors (Lipinski definition) is 0. The standard InChI is InChI=1S/C6H7BrO3/c1-6(2)3(7)4(8)10-5(6)9/h3H,1-2H3. The molecule has 1 unspecified atom stereocenters. The molecular formula is C6H7BrO3. The fraction of sp³-hybridized carbons (Fsp3) is 0.667.